The van der Waals surface area contributed by atoms with E-state index in [9.17, 15) is 4.79 Å². The molecule has 102 valence electrons. The van der Waals surface area contributed by atoms with Crippen LogP contribution in [0.25, 0.3) is 11.0 Å². The van der Waals surface area contributed by atoms with E-state index in [1.54, 1.807) is 0 Å². The number of aliphatic carboxylic acids is 1. The van der Waals surface area contributed by atoms with Gasteiger partial charge in [0.1, 0.15) is 5.82 Å². The van der Waals surface area contributed by atoms with Gasteiger partial charge in [0.2, 0.25) is 0 Å². The maximum absolute atomic E-state index is 10.9. The van der Waals surface area contributed by atoms with Gasteiger partial charge in [-0.15, -0.1) is 0 Å². The summed E-state index contributed by atoms with van der Waals surface area (Å²) in [4.78, 5) is 15.5. The van der Waals surface area contributed by atoms with Gasteiger partial charge >= 0.3 is 5.97 Å². The van der Waals surface area contributed by atoms with Crippen LogP contribution < -0.4 is 0 Å². The monoisotopic (exact) mass is 324 g/mol. The second-order valence-corrected chi connectivity index (χ2v) is 6.55. The third-order valence-electron chi connectivity index (χ3n) is 3.20. The van der Waals surface area contributed by atoms with Crippen LogP contribution in [0.2, 0.25) is 0 Å². The Morgan fingerprint density at radius 2 is 2.16 bits per heavy atom. The van der Waals surface area contributed by atoms with E-state index in [0.717, 1.165) is 21.3 Å². The minimum atomic E-state index is -0.772. The van der Waals surface area contributed by atoms with E-state index in [1.165, 1.54) is 0 Å². The Hall–Kier alpha value is -1.36. The first-order chi connectivity index (χ1) is 8.78. The van der Waals surface area contributed by atoms with Crippen molar-refractivity contribution in [2.45, 2.75) is 26.7 Å². The molecule has 1 aromatic heterocycles. The second kappa shape index (κ2) is 4.96. The molecular formula is C14H17BrN2O2. The van der Waals surface area contributed by atoms with E-state index in [0.29, 0.717) is 6.42 Å². The van der Waals surface area contributed by atoms with Crippen LogP contribution in [-0.2, 0) is 18.3 Å². The van der Waals surface area contributed by atoms with Crippen molar-refractivity contribution in [1.82, 2.24) is 9.55 Å². The number of carboxylic acids is 1. The van der Waals surface area contributed by atoms with Crippen LogP contribution in [0.3, 0.4) is 0 Å². The molecule has 0 aliphatic rings. The molecule has 1 aromatic carbocycles. The molecule has 0 spiro atoms. The van der Waals surface area contributed by atoms with Crippen molar-refractivity contribution < 1.29 is 9.90 Å². The predicted molar refractivity (Wildman–Crippen MR) is 78.2 cm³/mol. The van der Waals surface area contributed by atoms with Crippen molar-refractivity contribution in [1.29, 1.82) is 0 Å². The van der Waals surface area contributed by atoms with E-state index in [1.807, 2.05) is 43.7 Å². The van der Waals surface area contributed by atoms with Crippen molar-refractivity contribution in [2.24, 2.45) is 12.5 Å². The number of halogens is 1. The smallest absolute Gasteiger partial charge is 0.303 e. The van der Waals surface area contributed by atoms with Crippen molar-refractivity contribution in [3.05, 3.63) is 28.5 Å². The van der Waals surface area contributed by atoms with Gasteiger partial charge in [-0.2, -0.15) is 0 Å². The molecule has 1 N–H and O–H groups in total. The first-order valence-corrected chi connectivity index (χ1v) is 6.90. The lowest BCUT2D eigenvalue weighted by Gasteiger charge is -2.21. The maximum atomic E-state index is 10.9. The fourth-order valence-electron chi connectivity index (χ4n) is 2.28. The summed E-state index contributed by atoms with van der Waals surface area (Å²) in [6.07, 6.45) is 0.780. The summed E-state index contributed by atoms with van der Waals surface area (Å²) in [6, 6.07) is 5.97. The summed E-state index contributed by atoms with van der Waals surface area (Å²) in [5.74, 6) is 0.144. The average Bonchev–Trinajstić information content (AvgIpc) is 2.52. The van der Waals surface area contributed by atoms with Crippen molar-refractivity contribution in [3.8, 4) is 0 Å². The lowest BCUT2D eigenvalue weighted by molar-refractivity contribution is -0.139. The average molecular weight is 325 g/mol. The topological polar surface area (TPSA) is 55.1 Å². The summed E-state index contributed by atoms with van der Waals surface area (Å²) in [5, 5.41) is 8.94. The first kappa shape index (κ1) is 14.1. The molecule has 0 fully saturated rings. The number of rotatable bonds is 4. The van der Waals surface area contributed by atoms with Crippen LogP contribution in [-0.4, -0.2) is 20.6 Å². The molecule has 0 unspecified atom stereocenters. The molecule has 0 bridgehead atoms. The zero-order valence-corrected chi connectivity index (χ0v) is 12.9. The number of aryl methyl sites for hydroxylation is 1. The zero-order chi connectivity index (χ0) is 14.2. The summed E-state index contributed by atoms with van der Waals surface area (Å²) < 4.78 is 3.03. The van der Waals surface area contributed by atoms with Gasteiger partial charge < -0.3 is 9.67 Å². The summed E-state index contributed by atoms with van der Waals surface area (Å²) >= 11 is 3.43. The minimum absolute atomic E-state index is 0.139. The van der Waals surface area contributed by atoms with Gasteiger partial charge in [0, 0.05) is 17.9 Å². The molecule has 0 saturated heterocycles. The van der Waals surface area contributed by atoms with E-state index in [2.05, 4.69) is 20.9 Å². The number of fused-ring (bicyclic) bond motifs is 1. The Morgan fingerprint density at radius 3 is 2.79 bits per heavy atom. The van der Waals surface area contributed by atoms with Crippen LogP contribution in [0.1, 0.15) is 26.1 Å². The van der Waals surface area contributed by atoms with E-state index in [4.69, 9.17) is 5.11 Å². The lowest BCUT2D eigenvalue weighted by Crippen LogP contribution is -2.21. The van der Waals surface area contributed by atoms with Gasteiger partial charge in [-0.05, 0) is 23.6 Å². The SMILES string of the molecule is Cn1c(CC(C)(C)CC(=O)O)nc2cc(Br)ccc21. The third kappa shape index (κ3) is 3.15. The Bertz CT molecular complexity index is 632. The Kier molecular flexibility index (Phi) is 3.67. The number of hydrogen-bond donors (Lipinski definition) is 1. The number of aromatic nitrogens is 2. The Labute approximate surface area is 120 Å². The minimum Gasteiger partial charge on any atom is -0.481 e. The van der Waals surface area contributed by atoms with E-state index in [-0.39, 0.29) is 11.8 Å². The molecule has 5 heteroatoms. The van der Waals surface area contributed by atoms with Crippen LogP contribution in [0, 0.1) is 5.41 Å². The van der Waals surface area contributed by atoms with Gasteiger partial charge in [0.15, 0.2) is 0 Å². The highest BCUT2D eigenvalue weighted by Crippen LogP contribution is 2.28. The largest absolute Gasteiger partial charge is 0.481 e. The zero-order valence-electron chi connectivity index (χ0n) is 11.3. The van der Waals surface area contributed by atoms with Gasteiger partial charge in [-0.1, -0.05) is 29.8 Å². The van der Waals surface area contributed by atoms with E-state index < -0.39 is 5.97 Å². The molecule has 0 aliphatic heterocycles. The normalized spacial score (nSPS) is 12.0. The Balaban J connectivity index is 2.35. The highest BCUT2D eigenvalue weighted by atomic mass is 79.9. The van der Waals surface area contributed by atoms with Gasteiger partial charge in [-0.3, -0.25) is 4.79 Å². The van der Waals surface area contributed by atoms with Crippen LogP contribution >= 0.6 is 15.9 Å². The molecule has 1 heterocycles. The summed E-state index contributed by atoms with van der Waals surface area (Å²) in [6.45, 7) is 3.91. The van der Waals surface area contributed by atoms with Gasteiger partial charge in [-0.25, -0.2) is 4.98 Å². The molecule has 0 aliphatic carbocycles. The number of carboxylic acid groups (broad SMARTS) is 1. The lowest BCUT2D eigenvalue weighted by atomic mass is 9.85. The number of imidazole rings is 1. The predicted octanol–water partition coefficient (Wildman–Crippen LogP) is 3.38. The van der Waals surface area contributed by atoms with Crippen LogP contribution in [0.15, 0.2) is 22.7 Å². The first-order valence-electron chi connectivity index (χ1n) is 6.11. The molecule has 0 saturated carbocycles. The number of carbonyl (C=O) groups is 1. The summed E-state index contributed by atoms with van der Waals surface area (Å²) in [5.41, 5.74) is 1.68. The highest BCUT2D eigenvalue weighted by molar-refractivity contribution is 9.10. The maximum Gasteiger partial charge on any atom is 0.303 e. The van der Waals surface area contributed by atoms with Gasteiger partial charge in [0.05, 0.1) is 17.5 Å². The van der Waals surface area contributed by atoms with Gasteiger partial charge in [0.25, 0.3) is 0 Å². The molecule has 19 heavy (non-hydrogen) atoms. The quantitative estimate of drug-likeness (QED) is 0.937. The Morgan fingerprint density at radius 1 is 1.47 bits per heavy atom. The number of benzene rings is 1. The van der Waals surface area contributed by atoms with Crippen molar-refractivity contribution in [2.75, 3.05) is 0 Å². The number of nitrogens with zero attached hydrogens (tertiary/aromatic N) is 2. The van der Waals surface area contributed by atoms with E-state index >= 15 is 0 Å². The summed E-state index contributed by atoms with van der Waals surface area (Å²) in [7, 11) is 1.97. The molecule has 2 rings (SSSR count). The van der Waals surface area contributed by atoms with Crippen molar-refractivity contribution in [3.63, 3.8) is 0 Å². The molecular weight excluding hydrogens is 308 g/mol. The highest BCUT2D eigenvalue weighted by Gasteiger charge is 2.24. The fourth-order valence-corrected chi connectivity index (χ4v) is 2.63. The molecule has 0 amide bonds. The van der Waals surface area contributed by atoms with Crippen molar-refractivity contribution >= 4 is 32.9 Å². The number of hydrogen-bond acceptors (Lipinski definition) is 2. The molecule has 2 aromatic rings. The second-order valence-electron chi connectivity index (χ2n) is 5.63. The fraction of sp³-hybridized carbons (Fsp3) is 0.429. The third-order valence-corrected chi connectivity index (χ3v) is 3.70. The molecule has 4 nitrogen and oxygen atoms in total. The standard InChI is InChI=1S/C14H17BrN2O2/c1-14(2,8-13(18)19)7-12-16-10-6-9(15)4-5-11(10)17(12)3/h4-6H,7-8H2,1-3H3,(H,18,19). The molecule has 0 atom stereocenters. The van der Waals surface area contributed by atoms with Crippen LogP contribution in [0.4, 0.5) is 0 Å². The molecule has 0 radical (unpaired) electrons. The van der Waals surface area contributed by atoms with Crippen LogP contribution in [0.5, 0.6) is 0 Å².